The molecule has 0 fully saturated rings. The normalized spacial score (nSPS) is 10.3. The number of aryl methyl sites for hydroxylation is 2. The standard InChI is InChI=1S/C16H13N5S2/c1-10-8-14(13(9-17)11(2)18-10)22-16-21-20-15(23-16)19-12-6-4-3-5-7-12/h3-8H,1-2H3,(H,19,20). The van der Waals surface area contributed by atoms with Crippen molar-refractivity contribution in [2.75, 3.05) is 5.32 Å². The fraction of sp³-hybridized carbons (Fsp3) is 0.125. The van der Waals surface area contributed by atoms with Gasteiger partial charge in [0.05, 0.1) is 11.3 Å². The Bertz CT molecular complexity index is 868. The molecule has 5 nitrogen and oxygen atoms in total. The molecule has 114 valence electrons. The topological polar surface area (TPSA) is 74.5 Å². The fourth-order valence-electron chi connectivity index (χ4n) is 2.05. The van der Waals surface area contributed by atoms with Gasteiger partial charge in [-0.25, -0.2) is 0 Å². The third kappa shape index (κ3) is 3.67. The summed E-state index contributed by atoms with van der Waals surface area (Å²) in [5.41, 5.74) is 3.18. The lowest BCUT2D eigenvalue weighted by atomic mass is 10.2. The molecule has 0 aliphatic carbocycles. The average molecular weight is 339 g/mol. The van der Waals surface area contributed by atoms with Crippen molar-refractivity contribution in [1.29, 1.82) is 5.26 Å². The number of aromatic nitrogens is 3. The molecule has 0 atom stereocenters. The van der Waals surface area contributed by atoms with Crippen LogP contribution in [0.5, 0.6) is 0 Å². The van der Waals surface area contributed by atoms with E-state index in [4.69, 9.17) is 0 Å². The predicted octanol–water partition coefficient (Wildman–Crippen LogP) is 4.32. The summed E-state index contributed by atoms with van der Waals surface area (Å²) >= 11 is 2.89. The van der Waals surface area contributed by atoms with Gasteiger partial charge in [0.25, 0.3) is 0 Å². The van der Waals surface area contributed by atoms with Crippen molar-refractivity contribution < 1.29 is 0 Å². The Labute approximate surface area is 142 Å². The summed E-state index contributed by atoms with van der Waals surface area (Å²) in [5, 5.41) is 21.6. The summed E-state index contributed by atoms with van der Waals surface area (Å²) in [6, 6.07) is 13.9. The Morgan fingerprint density at radius 2 is 1.96 bits per heavy atom. The lowest BCUT2D eigenvalue weighted by Crippen LogP contribution is -1.93. The van der Waals surface area contributed by atoms with Crippen LogP contribution in [-0.2, 0) is 0 Å². The van der Waals surface area contributed by atoms with Crippen LogP contribution in [0.3, 0.4) is 0 Å². The first-order valence-electron chi connectivity index (χ1n) is 6.87. The number of rotatable bonds is 4. The number of anilines is 2. The van der Waals surface area contributed by atoms with Crippen molar-refractivity contribution >= 4 is 33.9 Å². The van der Waals surface area contributed by atoms with E-state index in [1.807, 2.05) is 50.2 Å². The second-order valence-corrected chi connectivity index (χ2v) is 7.07. The zero-order valence-corrected chi connectivity index (χ0v) is 14.2. The minimum Gasteiger partial charge on any atom is -0.330 e. The Balaban J connectivity index is 1.81. The van der Waals surface area contributed by atoms with Gasteiger partial charge < -0.3 is 5.32 Å². The largest absolute Gasteiger partial charge is 0.330 e. The molecule has 0 amide bonds. The van der Waals surface area contributed by atoms with E-state index in [2.05, 4.69) is 26.6 Å². The van der Waals surface area contributed by atoms with E-state index in [9.17, 15) is 5.26 Å². The molecule has 0 spiro atoms. The lowest BCUT2D eigenvalue weighted by Gasteiger charge is -2.05. The molecule has 3 aromatic rings. The monoisotopic (exact) mass is 339 g/mol. The molecule has 3 rings (SSSR count). The summed E-state index contributed by atoms with van der Waals surface area (Å²) in [6.07, 6.45) is 0. The molecule has 7 heteroatoms. The van der Waals surface area contributed by atoms with Gasteiger partial charge in [0, 0.05) is 16.3 Å². The molecule has 0 radical (unpaired) electrons. The summed E-state index contributed by atoms with van der Waals surface area (Å²) in [7, 11) is 0. The third-order valence-electron chi connectivity index (χ3n) is 3.03. The highest BCUT2D eigenvalue weighted by Crippen LogP contribution is 2.35. The maximum absolute atomic E-state index is 9.32. The second kappa shape index (κ2) is 6.77. The maximum Gasteiger partial charge on any atom is 0.210 e. The van der Waals surface area contributed by atoms with Gasteiger partial charge in [-0.05, 0) is 32.0 Å². The molecule has 0 bridgehead atoms. The first-order chi connectivity index (χ1) is 11.2. The maximum atomic E-state index is 9.32. The van der Waals surface area contributed by atoms with Crippen LogP contribution in [-0.4, -0.2) is 15.2 Å². The van der Waals surface area contributed by atoms with Gasteiger partial charge >= 0.3 is 0 Å². The van der Waals surface area contributed by atoms with Crippen molar-refractivity contribution in [2.24, 2.45) is 0 Å². The number of hydrogen-bond donors (Lipinski definition) is 1. The predicted molar refractivity (Wildman–Crippen MR) is 92.2 cm³/mol. The second-order valence-electron chi connectivity index (χ2n) is 4.80. The van der Waals surface area contributed by atoms with Crippen LogP contribution < -0.4 is 5.32 Å². The van der Waals surface area contributed by atoms with E-state index in [1.165, 1.54) is 23.1 Å². The van der Waals surface area contributed by atoms with E-state index >= 15 is 0 Å². The lowest BCUT2D eigenvalue weighted by molar-refractivity contribution is 1.01. The van der Waals surface area contributed by atoms with E-state index in [-0.39, 0.29) is 0 Å². The van der Waals surface area contributed by atoms with E-state index in [1.54, 1.807) is 0 Å². The van der Waals surface area contributed by atoms with Gasteiger partial charge in [0.1, 0.15) is 6.07 Å². The fourth-order valence-corrected chi connectivity index (χ4v) is 4.01. The molecule has 0 saturated heterocycles. The van der Waals surface area contributed by atoms with Gasteiger partial charge in [-0.1, -0.05) is 41.3 Å². The van der Waals surface area contributed by atoms with Crippen LogP contribution in [0.2, 0.25) is 0 Å². The molecule has 0 saturated carbocycles. The number of nitriles is 1. The molecule has 1 aromatic carbocycles. The van der Waals surface area contributed by atoms with Crippen molar-refractivity contribution in [3.8, 4) is 6.07 Å². The van der Waals surface area contributed by atoms with Gasteiger partial charge in [-0.15, -0.1) is 10.2 Å². The van der Waals surface area contributed by atoms with Crippen molar-refractivity contribution in [1.82, 2.24) is 15.2 Å². The Hall–Kier alpha value is -2.43. The van der Waals surface area contributed by atoms with Crippen LogP contribution in [0.4, 0.5) is 10.8 Å². The van der Waals surface area contributed by atoms with Crippen molar-refractivity contribution in [2.45, 2.75) is 23.1 Å². The van der Waals surface area contributed by atoms with Gasteiger partial charge in [-0.3, -0.25) is 4.98 Å². The number of para-hydroxylation sites is 1. The average Bonchev–Trinajstić information content (AvgIpc) is 2.95. The van der Waals surface area contributed by atoms with Crippen LogP contribution in [0.15, 0.2) is 45.6 Å². The zero-order chi connectivity index (χ0) is 16.2. The summed E-state index contributed by atoms with van der Waals surface area (Å²) in [4.78, 5) is 5.19. The zero-order valence-electron chi connectivity index (χ0n) is 12.6. The first-order valence-corrected chi connectivity index (χ1v) is 8.51. The number of hydrogen-bond acceptors (Lipinski definition) is 7. The van der Waals surface area contributed by atoms with E-state index < -0.39 is 0 Å². The Morgan fingerprint density at radius 1 is 1.17 bits per heavy atom. The minimum absolute atomic E-state index is 0.591. The van der Waals surface area contributed by atoms with Gasteiger partial charge in [0.15, 0.2) is 4.34 Å². The quantitative estimate of drug-likeness (QED) is 0.763. The van der Waals surface area contributed by atoms with Crippen molar-refractivity contribution in [3.05, 3.63) is 53.3 Å². The van der Waals surface area contributed by atoms with Gasteiger partial charge in [0.2, 0.25) is 5.13 Å². The first kappa shape index (κ1) is 15.5. The SMILES string of the molecule is Cc1cc(Sc2nnc(Nc3ccccc3)s2)c(C#N)c(C)n1. The minimum atomic E-state index is 0.591. The van der Waals surface area contributed by atoms with Crippen LogP contribution in [0.25, 0.3) is 0 Å². The molecular formula is C16H13N5S2. The summed E-state index contributed by atoms with van der Waals surface area (Å²) < 4.78 is 0.782. The van der Waals surface area contributed by atoms with Gasteiger partial charge in [-0.2, -0.15) is 5.26 Å². The highest BCUT2D eigenvalue weighted by Gasteiger charge is 2.13. The molecule has 23 heavy (non-hydrogen) atoms. The summed E-state index contributed by atoms with van der Waals surface area (Å²) in [6.45, 7) is 3.76. The Kier molecular flexibility index (Phi) is 4.55. The highest BCUT2D eigenvalue weighted by atomic mass is 32.2. The number of nitrogens with one attached hydrogen (secondary N) is 1. The third-order valence-corrected chi connectivity index (χ3v) is 4.96. The molecule has 1 N–H and O–H groups in total. The molecule has 0 aliphatic heterocycles. The molecule has 0 unspecified atom stereocenters. The Morgan fingerprint density at radius 3 is 2.70 bits per heavy atom. The number of nitrogens with zero attached hydrogens (tertiary/aromatic N) is 4. The van der Waals surface area contributed by atoms with E-state index in [0.29, 0.717) is 5.56 Å². The van der Waals surface area contributed by atoms with Crippen LogP contribution in [0, 0.1) is 25.2 Å². The molecular weight excluding hydrogens is 326 g/mol. The highest BCUT2D eigenvalue weighted by molar-refractivity contribution is 8.01. The van der Waals surface area contributed by atoms with Crippen LogP contribution >= 0.6 is 23.1 Å². The van der Waals surface area contributed by atoms with E-state index in [0.717, 1.165) is 31.4 Å². The number of benzene rings is 1. The smallest absolute Gasteiger partial charge is 0.210 e. The molecule has 0 aliphatic rings. The summed E-state index contributed by atoms with van der Waals surface area (Å²) in [5.74, 6) is 0. The number of pyridine rings is 1. The van der Waals surface area contributed by atoms with Crippen molar-refractivity contribution in [3.63, 3.8) is 0 Å². The molecule has 2 aromatic heterocycles. The molecule has 2 heterocycles. The van der Waals surface area contributed by atoms with Crippen LogP contribution in [0.1, 0.15) is 17.0 Å².